The van der Waals surface area contributed by atoms with Crippen LogP contribution in [0.5, 0.6) is 5.75 Å². The van der Waals surface area contributed by atoms with Gasteiger partial charge >= 0.3 is 0 Å². The van der Waals surface area contributed by atoms with Crippen molar-refractivity contribution in [2.75, 3.05) is 0 Å². The van der Waals surface area contributed by atoms with E-state index in [0.717, 1.165) is 5.56 Å². The van der Waals surface area contributed by atoms with Gasteiger partial charge < -0.3 is 16.2 Å². The van der Waals surface area contributed by atoms with E-state index >= 15 is 0 Å². The van der Waals surface area contributed by atoms with Crippen LogP contribution in [0, 0.1) is 0 Å². The number of ether oxygens (including phenoxy) is 1. The summed E-state index contributed by atoms with van der Waals surface area (Å²) in [6, 6.07) is 11.4. The Bertz CT molecular complexity index is 582. The van der Waals surface area contributed by atoms with E-state index in [1.165, 1.54) is 6.20 Å². The fourth-order valence-corrected chi connectivity index (χ4v) is 1.64. The molecule has 0 radical (unpaired) electrons. The van der Waals surface area contributed by atoms with Crippen LogP contribution in [0.1, 0.15) is 5.56 Å². The summed E-state index contributed by atoms with van der Waals surface area (Å²) in [5, 5.41) is 0.332. The van der Waals surface area contributed by atoms with Crippen LogP contribution >= 0.6 is 11.6 Å². The molecular weight excluding hydrogens is 264 g/mol. The summed E-state index contributed by atoms with van der Waals surface area (Å²) >= 11 is 5.99. The summed E-state index contributed by atoms with van der Waals surface area (Å²) in [6.07, 6.45) is 1.52. The quantitative estimate of drug-likeness (QED) is 0.662. The smallest absolute Gasteiger partial charge is 0.192 e. The van der Waals surface area contributed by atoms with E-state index in [9.17, 15) is 0 Å². The summed E-state index contributed by atoms with van der Waals surface area (Å²) < 4.78 is 5.57. The summed E-state index contributed by atoms with van der Waals surface area (Å²) in [4.78, 5) is 7.82. The highest BCUT2D eigenvalue weighted by atomic mass is 35.5. The molecule has 6 heteroatoms. The first-order valence-corrected chi connectivity index (χ1v) is 5.95. The van der Waals surface area contributed by atoms with Gasteiger partial charge in [-0.3, -0.25) is 0 Å². The van der Waals surface area contributed by atoms with E-state index in [0.29, 0.717) is 17.4 Å². The zero-order valence-electron chi connectivity index (χ0n) is 10.1. The Morgan fingerprint density at radius 1 is 1.26 bits per heavy atom. The maximum Gasteiger partial charge on any atom is 0.192 e. The Hall–Kier alpha value is -2.27. The number of aromatic nitrogens is 1. The van der Waals surface area contributed by atoms with Crippen molar-refractivity contribution in [2.24, 2.45) is 16.5 Å². The largest absolute Gasteiger partial charge is 0.487 e. The SMILES string of the molecule is NC(N)=Nc1ncc(OCc2ccccc2)cc1Cl. The molecule has 1 heterocycles. The van der Waals surface area contributed by atoms with Crippen molar-refractivity contribution in [1.82, 2.24) is 4.98 Å². The molecule has 0 aliphatic carbocycles. The summed E-state index contributed by atoms with van der Waals surface area (Å²) in [5.41, 5.74) is 11.6. The standard InChI is InChI=1S/C13H13ClN4O/c14-11-6-10(7-17-12(11)18-13(15)16)19-8-9-4-2-1-3-5-9/h1-7H,8H2,(H4,15,16,17,18). The minimum atomic E-state index is -0.0904. The van der Waals surface area contributed by atoms with E-state index in [-0.39, 0.29) is 11.8 Å². The first kappa shape index (κ1) is 13.2. The molecule has 0 unspecified atom stereocenters. The molecule has 19 heavy (non-hydrogen) atoms. The molecule has 1 aromatic carbocycles. The van der Waals surface area contributed by atoms with Crippen LogP contribution in [0.4, 0.5) is 5.82 Å². The second-order valence-corrected chi connectivity index (χ2v) is 4.19. The molecule has 0 aliphatic rings. The second-order valence-electron chi connectivity index (χ2n) is 3.79. The van der Waals surface area contributed by atoms with E-state index in [1.54, 1.807) is 6.07 Å². The third-order valence-electron chi connectivity index (χ3n) is 2.28. The first-order valence-electron chi connectivity index (χ1n) is 5.57. The number of guanidine groups is 1. The molecule has 98 valence electrons. The molecule has 0 fully saturated rings. The molecule has 0 aliphatic heterocycles. The molecule has 2 aromatic rings. The van der Waals surface area contributed by atoms with Gasteiger partial charge in [0, 0.05) is 6.07 Å². The van der Waals surface area contributed by atoms with Crippen molar-refractivity contribution in [2.45, 2.75) is 6.61 Å². The Labute approximate surface area is 115 Å². The molecule has 2 rings (SSSR count). The summed E-state index contributed by atoms with van der Waals surface area (Å²) in [5.74, 6) is 0.740. The minimum Gasteiger partial charge on any atom is -0.487 e. The number of hydrogen-bond acceptors (Lipinski definition) is 3. The van der Waals surface area contributed by atoms with Gasteiger partial charge in [-0.2, -0.15) is 4.99 Å². The van der Waals surface area contributed by atoms with Gasteiger partial charge in [0.15, 0.2) is 11.8 Å². The van der Waals surface area contributed by atoms with Gasteiger partial charge in [0.2, 0.25) is 0 Å². The number of halogens is 1. The van der Waals surface area contributed by atoms with Crippen molar-refractivity contribution in [3.63, 3.8) is 0 Å². The molecular formula is C13H13ClN4O. The van der Waals surface area contributed by atoms with E-state index in [1.807, 2.05) is 30.3 Å². The van der Waals surface area contributed by atoms with Gasteiger partial charge in [0.25, 0.3) is 0 Å². The van der Waals surface area contributed by atoms with Crippen LogP contribution < -0.4 is 16.2 Å². The predicted molar refractivity (Wildman–Crippen MR) is 75.5 cm³/mol. The zero-order chi connectivity index (χ0) is 13.7. The van der Waals surface area contributed by atoms with E-state index in [2.05, 4.69) is 9.98 Å². The van der Waals surface area contributed by atoms with Gasteiger partial charge in [-0.25, -0.2) is 4.98 Å². The summed E-state index contributed by atoms with van der Waals surface area (Å²) in [7, 11) is 0. The monoisotopic (exact) mass is 276 g/mol. The molecule has 4 N–H and O–H groups in total. The molecule has 0 spiro atoms. The lowest BCUT2D eigenvalue weighted by Crippen LogP contribution is -2.22. The van der Waals surface area contributed by atoms with Crippen molar-refractivity contribution >= 4 is 23.4 Å². The lowest BCUT2D eigenvalue weighted by molar-refractivity contribution is 0.305. The number of pyridine rings is 1. The van der Waals surface area contributed by atoms with Crippen molar-refractivity contribution < 1.29 is 4.74 Å². The number of benzene rings is 1. The van der Waals surface area contributed by atoms with Crippen molar-refractivity contribution in [1.29, 1.82) is 0 Å². The average Bonchev–Trinajstić information content (AvgIpc) is 2.40. The van der Waals surface area contributed by atoms with Gasteiger partial charge in [-0.05, 0) is 5.56 Å². The fraction of sp³-hybridized carbons (Fsp3) is 0.0769. The van der Waals surface area contributed by atoms with Crippen LogP contribution in [0.2, 0.25) is 5.02 Å². The Morgan fingerprint density at radius 3 is 2.63 bits per heavy atom. The lowest BCUT2D eigenvalue weighted by Gasteiger charge is -2.07. The molecule has 0 atom stereocenters. The molecule has 1 aromatic heterocycles. The van der Waals surface area contributed by atoms with Crippen molar-refractivity contribution in [3.05, 3.63) is 53.2 Å². The van der Waals surface area contributed by atoms with Crippen LogP contribution in [-0.4, -0.2) is 10.9 Å². The lowest BCUT2D eigenvalue weighted by atomic mass is 10.2. The number of hydrogen-bond donors (Lipinski definition) is 2. The average molecular weight is 277 g/mol. The zero-order valence-corrected chi connectivity index (χ0v) is 10.8. The number of aliphatic imine (C=N–C) groups is 1. The van der Waals surface area contributed by atoms with Crippen LogP contribution in [0.25, 0.3) is 0 Å². The van der Waals surface area contributed by atoms with Crippen molar-refractivity contribution in [3.8, 4) is 5.75 Å². The topological polar surface area (TPSA) is 86.5 Å². The molecule has 0 bridgehead atoms. The fourth-order valence-electron chi connectivity index (χ4n) is 1.44. The van der Waals surface area contributed by atoms with Gasteiger partial charge in [-0.1, -0.05) is 41.9 Å². The molecule has 0 saturated carbocycles. The third kappa shape index (κ3) is 3.86. The highest BCUT2D eigenvalue weighted by Gasteiger charge is 2.04. The Kier molecular flexibility index (Phi) is 4.20. The molecule has 0 saturated heterocycles. The minimum absolute atomic E-state index is 0.0904. The van der Waals surface area contributed by atoms with Gasteiger partial charge in [0.05, 0.1) is 11.2 Å². The second kappa shape index (κ2) is 6.06. The number of nitrogens with zero attached hydrogens (tertiary/aromatic N) is 2. The van der Waals surface area contributed by atoms with Crippen LogP contribution in [-0.2, 0) is 6.61 Å². The van der Waals surface area contributed by atoms with E-state index in [4.69, 9.17) is 27.8 Å². The maximum atomic E-state index is 5.99. The summed E-state index contributed by atoms with van der Waals surface area (Å²) in [6.45, 7) is 0.445. The van der Waals surface area contributed by atoms with Crippen LogP contribution in [0.15, 0.2) is 47.6 Å². The number of rotatable bonds is 4. The maximum absolute atomic E-state index is 5.99. The first-order chi connectivity index (χ1) is 9.15. The number of nitrogens with two attached hydrogens (primary N) is 2. The third-order valence-corrected chi connectivity index (χ3v) is 2.56. The molecule has 0 amide bonds. The Balaban J connectivity index is 2.06. The highest BCUT2D eigenvalue weighted by molar-refractivity contribution is 6.32. The Morgan fingerprint density at radius 2 is 2.00 bits per heavy atom. The van der Waals surface area contributed by atoms with Crippen LogP contribution in [0.3, 0.4) is 0 Å². The molecule has 5 nitrogen and oxygen atoms in total. The van der Waals surface area contributed by atoms with E-state index < -0.39 is 0 Å². The predicted octanol–water partition coefficient (Wildman–Crippen LogP) is 2.22. The normalized spacial score (nSPS) is 9.95. The van der Waals surface area contributed by atoms with Gasteiger partial charge in [-0.15, -0.1) is 0 Å². The van der Waals surface area contributed by atoms with Gasteiger partial charge in [0.1, 0.15) is 12.4 Å². The highest BCUT2D eigenvalue weighted by Crippen LogP contribution is 2.26.